The van der Waals surface area contributed by atoms with Gasteiger partial charge in [-0.25, -0.2) is 8.78 Å². The van der Waals surface area contributed by atoms with Gasteiger partial charge >= 0.3 is 5.91 Å². The van der Waals surface area contributed by atoms with E-state index >= 15 is 0 Å². The van der Waals surface area contributed by atoms with Gasteiger partial charge in [-0.05, 0) is 85.5 Å². The lowest BCUT2D eigenvalue weighted by molar-refractivity contribution is 0.100. The number of alkyl halides is 2. The van der Waals surface area contributed by atoms with Gasteiger partial charge in [0.2, 0.25) is 0 Å². The maximum absolute atomic E-state index is 13.3. The number of rotatable bonds is 7. The number of amides is 1. The molecule has 44 heavy (non-hydrogen) atoms. The van der Waals surface area contributed by atoms with Crippen LogP contribution in [0.4, 0.5) is 14.5 Å². The fraction of sp³-hybridized carbons (Fsp3) is 0.147. The van der Waals surface area contributed by atoms with Crippen molar-refractivity contribution in [2.24, 2.45) is 5.18 Å². The van der Waals surface area contributed by atoms with Crippen LogP contribution in [-0.2, 0) is 0 Å². The Hall–Kier alpha value is -3.84. The van der Waals surface area contributed by atoms with Crippen molar-refractivity contribution in [2.75, 3.05) is 4.90 Å². The number of halogens is 3. The summed E-state index contributed by atoms with van der Waals surface area (Å²) in [6, 6.07) is 25.6. The van der Waals surface area contributed by atoms with Gasteiger partial charge in [-0.1, -0.05) is 60.1 Å². The van der Waals surface area contributed by atoms with Crippen LogP contribution in [0.5, 0.6) is 0 Å². The number of nitrogens with zero attached hydrogens (tertiary/aromatic N) is 3. The van der Waals surface area contributed by atoms with E-state index in [1.54, 1.807) is 24.3 Å². The second kappa shape index (κ2) is 12.3. The second-order valence-corrected chi connectivity index (χ2v) is 12.8. The summed E-state index contributed by atoms with van der Waals surface area (Å²) in [5, 5.41) is 4.94. The van der Waals surface area contributed by atoms with Crippen molar-refractivity contribution in [3.8, 4) is 22.4 Å². The minimum atomic E-state index is -2.54. The predicted molar refractivity (Wildman–Crippen MR) is 180 cm³/mol. The van der Waals surface area contributed by atoms with Crippen LogP contribution in [0.15, 0.2) is 107 Å². The number of aromatic nitrogens is 1. The standard InChI is InChI=1S/C34H27ClF2N3O2PS/c1-19-6-7-20(2)39(19)32-28-18-25(43)11-15-30(28)40(44-26-12-8-21(9-13-26)33(36)37)31(32)23-5-3-4-22(16-23)27-14-10-24(17-29(27)35)34(41)38-42/h3-6,8-18,20,33H,7,43H2,1-2H3. The van der Waals surface area contributed by atoms with Crippen molar-refractivity contribution < 1.29 is 13.6 Å². The lowest BCUT2D eigenvalue weighted by Gasteiger charge is -2.28. The third-order valence-electron chi connectivity index (χ3n) is 7.81. The Morgan fingerprint density at radius 1 is 1.02 bits per heavy atom. The minimum Gasteiger partial charge on any atom is -0.340 e. The van der Waals surface area contributed by atoms with Gasteiger partial charge in [-0.3, -0.25) is 8.77 Å². The number of hydrogen-bond donors (Lipinski definition) is 0. The average Bonchev–Trinajstić information content (AvgIpc) is 3.51. The first kappa shape index (κ1) is 30.2. The summed E-state index contributed by atoms with van der Waals surface area (Å²) in [4.78, 5) is 25.8. The molecule has 4 aromatic carbocycles. The molecule has 1 aliphatic rings. The van der Waals surface area contributed by atoms with Crippen LogP contribution in [0.25, 0.3) is 33.3 Å². The molecule has 5 aromatic rings. The molecule has 0 saturated carbocycles. The topological polar surface area (TPSA) is 54.7 Å². The first-order valence-electron chi connectivity index (χ1n) is 13.9. The summed E-state index contributed by atoms with van der Waals surface area (Å²) in [6.45, 7) is 4.32. The van der Waals surface area contributed by atoms with E-state index in [1.165, 1.54) is 30.1 Å². The van der Waals surface area contributed by atoms with Crippen LogP contribution in [-0.4, -0.2) is 15.9 Å². The van der Waals surface area contributed by atoms with Gasteiger partial charge in [-0.15, -0.1) is 14.1 Å². The highest BCUT2D eigenvalue weighted by Gasteiger charge is 2.30. The van der Waals surface area contributed by atoms with Crippen LogP contribution in [0, 0.1) is 4.91 Å². The van der Waals surface area contributed by atoms with E-state index < -0.39 is 12.3 Å². The fourth-order valence-corrected chi connectivity index (χ4v) is 7.26. The molecule has 1 aliphatic heterocycles. The number of anilines is 1. The van der Waals surface area contributed by atoms with Gasteiger partial charge in [0, 0.05) is 54.5 Å². The Morgan fingerprint density at radius 2 is 1.77 bits per heavy atom. The van der Waals surface area contributed by atoms with Crippen LogP contribution in [0.1, 0.15) is 42.6 Å². The van der Waals surface area contributed by atoms with Gasteiger partial charge < -0.3 is 4.90 Å². The third kappa shape index (κ3) is 5.58. The molecule has 2 unspecified atom stereocenters. The molecule has 2 atom stereocenters. The monoisotopic (exact) mass is 645 g/mol. The molecule has 0 spiro atoms. The van der Waals surface area contributed by atoms with Crippen molar-refractivity contribution in [3.05, 3.63) is 118 Å². The van der Waals surface area contributed by atoms with E-state index in [0.29, 0.717) is 10.6 Å². The molecule has 0 saturated heterocycles. The van der Waals surface area contributed by atoms with E-state index in [2.05, 4.69) is 61.4 Å². The first-order chi connectivity index (χ1) is 21.2. The van der Waals surface area contributed by atoms with E-state index in [1.807, 2.05) is 24.3 Å². The van der Waals surface area contributed by atoms with Crippen LogP contribution >= 0.6 is 32.8 Å². The second-order valence-electron chi connectivity index (χ2n) is 10.7. The normalized spacial score (nSPS) is 14.8. The number of carbonyl (C=O) groups excluding carboxylic acids is 1. The highest BCUT2D eigenvalue weighted by atomic mass is 35.5. The highest BCUT2D eigenvalue weighted by molar-refractivity contribution is 7.98. The third-order valence-corrected chi connectivity index (χ3v) is 9.53. The van der Waals surface area contributed by atoms with Crippen LogP contribution < -0.4 is 10.2 Å². The molecule has 10 heteroatoms. The summed E-state index contributed by atoms with van der Waals surface area (Å²) < 4.78 is 28.8. The van der Waals surface area contributed by atoms with Gasteiger partial charge in [0.05, 0.1) is 16.9 Å². The average molecular weight is 646 g/mol. The molecule has 0 fully saturated rings. The highest BCUT2D eigenvalue weighted by Crippen LogP contribution is 2.48. The Labute approximate surface area is 265 Å². The maximum Gasteiger partial charge on any atom is 0.316 e. The maximum atomic E-state index is 13.3. The zero-order chi connectivity index (χ0) is 31.1. The minimum absolute atomic E-state index is 0.0202. The lowest BCUT2D eigenvalue weighted by atomic mass is 9.99. The largest absolute Gasteiger partial charge is 0.340 e. The quantitative estimate of drug-likeness (QED) is 0.131. The summed E-state index contributed by atoms with van der Waals surface area (Å²) in [6.07, 6.45) is 0.620. The van der Waals surface area contributed by atoms with E-state index in [0.717, 1.165) is 55.7 Å². The summed E-state index contributed by atoms with van der Waals surface area (Å²) in [5.74, 6) is -0.878. The molecule has 5 nitrogen and oxygen atoms in total. The Morgan fingerprint density at radius 3 is 2.43 bits per heavy atom. The molecule has 0 aliphatic carbocycles. The summed E-state index contributed by atoms with van der Waals surface area (Å²) in [5.41, 5.74) is 6.71. The molecule has 1 amide bonds. The SMILES string of the molecule is CC1=CCC(C)N1c1c(-c2cccc(-c3ccc(C(=O)N=O)cc3Cl)c2)n(Sc2ccc(C(F)F)cc2)c2ccc(P)cc12. The number of carbonyl (C=O) groups is 1. The fourth-order valence-electron chi connectivity index (χ4n) is 5.70. The Bertz CT molecular complexity index is 1960. The Kier molecular flexibility index (Phi) is 8.42. The van der Waals surface area contributed by atoms with Crippen LogP contribution in [0.2, 0.25) is 5.02 Å². The molecule has 0 bridgehead atoms. The molecule has 6 rings (SSSR count). The number of benzene rings is 4. The summed E-state index contributed by atoms with van der Waals surface area (Å²) >= 11 is 8.09. The number of nitroso groups, excluding NO2 is 1. The Balaban J connectivity index is 1.58. The van der Waals surface area contributed by atoms with Gasteiger partial charge in [0.25, 0.3) is 6.43 Å². The molecule has 2 heterocycles. The van der Waals surface area contributed by atoms with E-state index in [9.17, 15) is 18.5 Å². The van der Waals surface area contributed by atoms with Gasteiger partial charge in [-0.2, -0.15) is 0 Å². The molecular weight excluding hydrogens is 619 g/mol. The van der Waals surface area contributed by atoms with Crippen molar-refractivity contribution in [1.82, 2.24) is 3.97 Å². The van der Waals surface area contributed by atoms with E-state index in [4.69, 9.17) is 11.6 Å². The molecular formula is C34H27ClF2N3O2PS. The number of allylic oxidation sites excluding steroid dienone is 1. The van der Waals surface area contributed by atoms with Gasteiger partial charge in [0.1, 0.15) is 0 Å². The van der Waals surface area contributed by atoms with E-state index in [-0.39, 0.29) is 17.2 Å². The number of hydrogen-bond acceptors (Lipinski definition) is 4. The molecule has 1 aromatic heterocycles. The summed E-state index contributed by atoms with van der Waals surface area (Å²) in [7, 11) is 2.78. The smallest absolute Gasteiger partial charge is 0.316 e. The predicted octanol–water partition coefficient (Wildman–Crippen LogP) is 10.0. The molecule has 222 valence electrons. The molecule has 0 N–H and O–H groups in total. The van der Waals surface area contributed by atoms with Crippen molar-refractivity contribution in [3.63, 3.8) is 0 Å². The van der Waals surface area contributed by atoms with Gasteiger partial charge in [0.15, 0.2) is 0 Å². The zero-order valence-corrected chi connectivity index (χ0v) is 26.5. The first-order valence-corrected chi connectivity index (χ1v) is 15.6. The zero-order valence-electron chi connectivity index (χ0n) is 23.8. The van der Waals surface area contributed by atoms with Crippen LogP contribution in [0.3, 0.4) is 0 Å². The lowest BCUT2D eigenvalue weighted by Crippen LogP contribution is -2.26. The number of fused-ring (bicyclic) bond motifs is 1. The van der Waals surface area contributed by atoms with Crippen molar-refractivity contribution in [1.29, 1.82) is 0 Å². The molecule has 0 radical (unpaired) electrons. The van der Waals surface area contributed by atoms with Crippen molar-refractivity contribution in [2.45, 2.75) is 37.6 Å². The van der Waals surface area contributed by atoms with Crippen molar-refractivity contribution >= 4 is 60.6 Å².